The second-order valence-electron chi connectivity index (χ2n) is 16.0. The van der Waals surface area contributed by atoms with Gasteiger partial charge in [-0.25, -0.2) is 0 Å². The zero-order chi connectivity index (χ0) is 43.0. The Hall–Kier alpha value is -3.15. The fraction of sp³-hybridized carbons (Fsp3) is 0.717. The molecule has 0 heterocycles. The maximum atomic E-state index is 12.7. The molecule has 0 bridgehead atoms. The first kappa shape index (κ1) is 55.9. The molecule has 0 amide bonds. The molecule has 338 valence electrons. The Balaban J connectivity index is 4.41. The molecule has 0 aromatic rings. The van der Waals surface area contributed by atoms with Crippen LogP contribution >= 0.6 is 0 Å². The summed E-state index contributed by atoms with van der Waals surface area (Å²) in [4.78, 5) is 37.8. The number of esters is 3. The first-order valence-electron chi connectivity index (χ1n) is 24.4. The average molecular weight is 823 g/mol. The van der Waals surface area contributed by atoms with Crippen molar-refractivity contribution in [1.82, 2.24) is 0 Å². The van der Waals surface area contributed by atoms with Crippen molar-refractivity contribution in [1.29, 1.82) is 0 Å². The molecule has 0 N–H and O–H groups in total. The van der Waals surface area contributed by atoms with Gasteiger partial charge >= 0.3 is 17.9 Å². The number of rotatable bonds is 43. The molecule has 0 rings (SSSR count). The van der Waals surface area contributed by atoms with Gasteiger partial charge in [-0.3, -0.25) is 14.4 Å². The van der Waals surface area contributed by atoms with Crippen molar-refractivity contribution in [2.24, 2.45) is 0 Å². The molecule has 0 saturated carbocycles. The lowest BCUT2D eigenvalue weighted by Gasteiger charge is -2.18. The highest BCUT2D eigenvalue weighted by atomic mass is 16.6. The van der Waals surface area contributed by atoms with Crippen LogP contribution in [0, 0.1) is 0 Å². The third kappa shape index (κ3) is 45.8. The van der Waals surface area contributed by atoms with Crippen LogP contribution in [0.5, 0.6) is 0 Å². The van der Waals surface area contributed by atoms with Crippen molar-refractivity contribution in [3.05, 3.63) is 72.9 Å². The second kappa shape index (κ2) is 47.5. The van der Waals surface area contributed by atoms with E-state index in [0.29, 0.717) is 19.3 Å². The van der Waals surface area contributed by atoms with Gasteiger partial charge in [-0.15, -0.1) is 0 Å². The lowest BCUT2D eigenvalue weighted by Crippen LogP contribution is -2.30. The van der Waals surface area contributed by atoms with E-state index >= 15 is 0 Å². The molecule has 6 heteroatoms. The number of hydrogen-bond acceptors (Lipinski definition) is 6. The summed E-state index contributed by atoms with van der Waals surface area (Å²) in [7, 11) is 0. The highest BCUT2D eigenvalue weighted by molar-refractivity contribution is 5.71. The number of hydrogen-bond donors (Lipinski definition) is 0. The van der Waals surface area contributed by atoms with Gasteiger partial charge in [-0.2, -0.15) is 0 Å². The monoisotopic (exact) mass is 823 g/mol. The molecule has 0 aliphatic heterocycles. The molecule has 0 spiro atoms. The van der Waals surface area contributed by atoms with E-state index in [0.717, 1.165) is 109 Å². The molecule has 0 radical (unpaired) electrons. The largest absolute Gasteiger partial charge is 0.462 e. The van der Waals surface area contributed by atoms with Gasteiger partial charge in [-0.1, -0.05) is 190 Å². The van der Waals surface area contributed by atoms with Crippen molar-refractivity contribution >= 4 is 17.9 Å². The standard InChI is InChI=1S/C53H90O6/c1-4-7-10-13-16-19-22-24-25-26-27-28-29-30-32-34-37-40-43-46-52(55)58-49-50(48-57-51(54)45-42-39-36-33-21-18-15-12-9-6-3)59-53(56)47-44-41-38-35-31-23-20-17-14-11-8-5-2/h7,10,16-17,19-20,24-25,27-28,30,32,50H,4-6,8-9,11-15,18,21-23,26,29,31,33-49H2,1-3H3/b10-7-,19-16-,20-17-,25-24-,28-27-,32-30-/t50-/m1/s1. The van der Waals surface area contributed by atoms with E-state index in [1.54, 1.807) is 0 Å². The Morgan fingerprint density at radius 2 is 0.661 bits per heavy atom. The Morgan fingerprint density at radius 3 is 1.10 bits per heavy atom. The summed E-state index contributed by atoms with van der Waals surface area (Å²) in [5.41, 5.74) is 0. The Morgan fingerprint density at radius 1 is 0.356 bits per heavy atom. The maximum Gasteiger partial charge on any atom is 0.306 e. The van der Waals surface area contributed by atoms with Gasteiger partial charge in [0.2, 0.25) is 0 Å². The molecule has 6 nitrogen and oxygen atoms in total. The minimum atomic E-state index is -0.789. The number of carbonyl (C=O) groups is 3. The van der Waals surface area contributed by atoms with Crippen LogP contribution in [0.1, 0.15) is 226 Å². The summed E-state index contributed by atoms with van der Waals surface area (Å²) in [6.45, 7) is 6.44. The van der Waals surface area contributed by atoms with E-state index in [9.17, 15) is 14.4 Å². The SMILES string of the molecule is CC/C=C\C/C=C\C/C=C\C/C=C\C/C=C\CCCCCC(=O)OC[C@@H](COC(=O)CCCCCCCCCCCC)OC(=O)CCCCCCC/C=C\CCCCC. The van der Waals surface area contributed by atoms with Crippen LogP contribution in [0.25, 0.3) is 0 Å². The van der Waals surface area contributed by atoms with Crippen molar-refractivity contribution in [3.8, 4) is 0 Å². The predicted molar refractivity (Wildman–Crippen MR) is 251 cm³/mol. The molecule has 0 saturated heterocycles. The number of carbonyl (C=O) groups excluding carboxylic acids is 3. The van der Waals surface area contributed by atoms with Crippen LogP contribution in [0.2, 0.25) is 0 Å². The molecule has 0 aliphatic carbocycles. The van der Waals surface area contributed by atoms with Crippen molar-refractivity contribution in [2.45, 2.75) is 232 Å². The molecular weight excluding hydrogens is 733 g/mol. The van der Waals surface area contributed by atoms with Gasteiger partial charge in [0.1, 0.15) is 13.2 Å². The zero-order valence-electron chi connectivity index (χ0n) is 38.5. The van der Waals surface area contributed by atoms with E-state index in [1.165, 1.54) is 77.0 Å². The zero-order valence-corrected chi connectivity index (χ0v) is 38.5. The van der Waals surface area contributed by atoms with Gasteiger partial charge in [-0.05, 0) is 89.9 Å². The minimum Gasteiger partial charge on any atom is -0.462 e. The van der Waals surface area contributed by atoms with E-state index in [-0.39, 0.29) is 31.1 Å². The van der Waals surface area contributed by atoms with Crippen molar-refractivity contribution < 1.29 is 28.6 Å². The summed E-state index contributed by atoms with van der Waals surface area (Å²) < 4.78 is 16.7. The quantitative estimate of drug-likeness (QED) is 0.0264. The van der Waals surface area contributed by atoms with Crippen LogP contribution in [0.15, 0.2) is 72.9 Å². The average Bonchev–Trinajstić information content (AvgIpc) is 3.23. The van der Waals surface area contributed by atoms with Gasteiger partial charge in [0.15, 0.2) is 6.10 Å². The van der Waals surface area contributed by atoms with Crippen molar-refractivity contribution in [3.63, 3.8) is 0 Å². The highest BCUT2D eigenvalue weighted by Crippen LogP contribution is 2.14. The van der Waals surface area contributed by atoms with E-state index < -0.39 is 6.10 Å². The molecule has 0 aliphatic rings. The van der Waals surface area contributed by atoms with Crippen LogP contribution in [0.3, 0.4) is 0 Å². The van der Waals surface area contributed by atoms with Crippen LogP contribution in [0.4, 0.5) is 0 Å². The normalized spacial score (nSPS) is 12.7. The number of allylic oxidation sites excluding steroid dienone is 12. The Kier molecular flexibility index (Phi) is 45.0. The molecule has 59 heavy (non-hydrogen) atoms. The summed E-state index contributed by atoms with van der Waals surface area (Å²) >= 11 is 0. The summed E-state index contributed by atoms with van der Waals surface area (Å²) in [5, 5.41) is 0. The van der Waals surface area contributed by atoms with Gasteiger partial charge < -0.3 is 14.2 Å². The van der Waals surface area contributed by atoms with Gasteiger partial charge in [0.25, 0.3) is 0 Å². The van der Waals surface area contributed by atoms with Crippen LogP contribution in [-0.2, 0) is 28.6 Å². The third-order valence-corrected chi connectivity index (χ3v) is 10.2. The van der Waals surface area contributed by atoms with Gasteiger partial charge in [0.05, 0.1) is 0 Å². The smallest absolute Gasteiger partial charge is 0.306 e. The van der Waals surface area contributed by atoms with Gasteiger partial charge in [0, 0.05) is 19.3 Å². The molecule has 0 aromatic heterocycles. The maximum absolute atomic E-state index is 12.7. The fourth-order valence-corrected chi connectivity index (χ4v) is 6.52. The molecular formula is C53H90O6. The van der Waals surface area contributed by atoms with E-state index in [1.807, 2.05) is 0 Å². The lowest BCUT2D eigenvalue weighted by molar-refractivity contribution is -0.167. The predicted octanol–water partition coefficient (Wildman–Crippen LogP) is 15.9. The number of unbranched alkanes of at least 4 members (excludes halogenated alkanes) is 20. The van der Waals surface area contributed by atoms with Crippen LogP contribution in [-0.4, -0.2) is 37.2 Å². The molecule has 0 aromatic carbocycles. The second-order valence-corrected chi connectivity index (χ2v) is 16.0. The number of ether oxygens (including phenoxy) is 3. The Bertz CT molecular complexity index is 1130. The first-order valence-corrected chi connectivity index (χ1v) is 24.4. The fourth-order valence-electron chi connectivity index (χ4n) is 6.52. The lowest BCUT2D eigenvalue weighted by atomic mass is 10.1. The van der Waals surface area contributed by atoms with Crippen LogP contribution < -0.4 is 0 Å². The van der Waals surface area contributed by atoms with Crippen molar-refractivity contribution in [2.75, 3.05) is 13.2 Å². The topological polar surface area (TPSA) is 78.9 Å². The molecule has 0 fully saturated rings. The van der Waals surface area contributed by atoms with E-state index in [4.69, 9.17) is 14.2 Å². The first-order chi connectivity index (χ1) is 29.0. The molecule has 1 atom stereocenters. The minimum absolute atomic E-state index is 0.0885. The third-order valence-electron chi connectivity index (χ3n) is 10.2. The highest BCUT2D eigenvalue weighted by Gasteiger charge is 2.19. The molecule has 0 unspecified atom stereocenters. The Labute approximate surface area is 363 Å². The summed E-state index contributed by atoms with van der Waals surface area (Å²) in [6, 6.07) is 0. The summed E-state index contributed by atoms with van der Waals surface area (Å²) in [6.07, 6.45) is 58.8. The summed E-state index contributed by atoms with van der Waals surface area (Å²) in [5.74, 6) is -0.935. The van der Waals surface area contributed by atoms with E-state index in [2.05, 4.69) is 93.7 Å².